The molecule has 0 unspecified atom stereocenters. The van der Waals surface area contributed by atoms with Crippen molar-refractivity contribution in [2.24, 2.45) is 0 Å². The molecule has 0 saturated heterocycles. The number of halogens is 8. The molecule has 0 radical (unpaired) electrons. The van der Waals surface area contributed by atoms with Crippen LogP contribution in [0.25, 0.3) is 0 Å². The Labute approximate surface area is 116 Å². The van der Waals surface area contributed by atoms with E-state index in [4.69, 9.17) is 0 Å². The molecule has 0 N–H and O–H groups in total. The van der Waals surface area contributed by atoms with Gasteiger partial charge in [-0.05, 0) is 19.9 Å². The first-order valence-electron chi connectivity index (χ1n) is 5.79. The predicted molar refractivity (Wildman–Crippen MR) is 59.7 cm³/mol. The van der Waals surface area contributed by atoms with E-state index >= 15 is 0 Å². The number of hydrogen-bond donors (Lipinski definition) is 0. The van der Waals surface area contributed by atoms with Crippen LogP contribution in [0.2, 0.25) is 0 Å². The summed E-state index contributed by atoms with van der Waals surface area (Å²) in [6.07, 6.45) is 0.132. The third-order valence-corrected chi connectivity index (χ3v) is 2.59. The smallest absolute Gasteiger partial charge is 0.385 e. The molecule has 0 aliphatic rings. The zero-order chi connectivity index (χ0) is 17.1. The molecule has 21 heavy (non-hydrogen) atoms. The van der Waals surface area contributed by atoms with Crippen LogP contribution in [-0.4, -0.2) is 23.7 Å². The summed E-state index contributed by atoms with van der Waals surface area (Å²) >= 11 is 0. The van der Waals surface area contributed by atoms with Crippen LogP contribution >= 0.6 is 0 Å². The lowest BCUT2D eigenvalue weighted by Gasteiger charge is -2.36. The first-order chi connectivity index (χ1) is 9.33. The molecule has 0 aromatic rings. The maximum absolute atomic E-state index is 13.6. The van der Waals surface area contributed by atoms with Gasteiger partial charge >= 0.3 is 23.7 Å². The van der Waals surface area contributed by atoms with E-state index in [9.17, 15) is 35.1 Å². The molecule has 1 nitrogen and oxygen atoms in total. The first kappa shape index (κ1) is 19.7. The van der Waals surface area contributed by atoms with Gasteiger partial charge in [-0.3, -0.25) is 0 Å². The topological polar surface area (TPSA) is 9.23 Å². The van der Waals surface area contributed by atoms with Crippen molar-refractivity contribution in [3.63, 3.8) is 0 Å². The number of ether oxygens (including phenoxy) is 1. The van der Waals surface area contributed by atoms with Gasteiger partial charge in [-0.1, -0.05) is 13.0 Å². The summed E-state index contributed by atoms with van der Waals surface area (Å²) in [5.74, 6) is -25.4. The van der Waals surface area contributed by atoms with Crippen molar-refractivity contribution in [3.8, 4) is 0 Å². The van der Waals surface area contributed by atoms with E-state index < -0.39 is 35.9 Å². The van der Waals surface area contributed by atoms with E-state index in [1.54, 1.807) is 0 Å². The summed E-state index contributed by atoms with van der Waals surface area (Å²) in [6, 6.07) is 0. The second-order valence-corrected chi connectivity index (χ2v) is 4.02. The monoisotopic (exact) mass is 326 g/mol. The molecule has 0 heterocycles. The van der Waals surface area contributed by atoms with E-state index in [0.29, 0.717) is 19.3 Å². The molecule has 9 heteroatoms. The summed E-state index contributed by atoms with van der Waals surface area (Å²) < 4.78 is 110. The summed E-state index contributed by atoms with van der Waals surface area (Å²) in [7, 11) is 0. The van der Waals surface area contributed by atoms with Gasteiger partial charge in [-0.15, -0.1) is 0 Å². The van der Waals surface area contributed by atoms with E-state index in [1.807, 2.05) is 0 Å². The average Bonchev–Trinajstić information content (AvgIpc) is 2.38. The predicted octanol–water partition coefficient (Wildman–Crippen LogP) is 5.39. The minimum Gasteiger partial charge on any atom is -0.463 e. The lowest BCUT2D eigenvalue weighted by atomic mass is 9.96. The van der Waals surface area contributed by atoms with E-state index in [0.717, 1.165) is 13.0 Å². The van der Waals surface area contributed by atoms with Crippen LogP contribution in [0.1, 0.15) is 27.2 Å². The minimum atomic E-state index is -6.34. The molecule has 0 spiro atoms. The van der Waals surface area contributed by atoms with E-state index in [-0.39, 0.29) is 0 Å². The first-order valence-corrected chi connectivity index (χ1v) is 5.79. The van der Waals surface area contributed by atoms with Gasteiger partial charge in [0, 0.05) is 6.42 Å². The zero-order valence-corrected chi connectivity index (χ0v) is 11.4. The maximum atomic E-state index is 13.6. The van der Waals surface area contributed by atoms with Gasteiger partial charge in [0.15, 0.2) is 5.76 Å². The number of hydrogen-bond acceptors (Lipinski definition) is 1. The van der Waals surface area contributed by atoms with Crippen molar-refractivity contribution in [3.05, 3.63) is 24.2 Å². The molecule has 0 aliphatic heterocycles. The van der Waals surface area contributed by atoms with Crippen molar-refractivity contribution >= 4 is 0 Å². The van der Waals surface area contributed by atoms with E-state index in [2.05, 4.69) is 4.74 Å². The largest absolute Gasteiger partial charge is 0.463 e. The van der Waals surface area contributed by atoms with Gasteiger partial charge in [-0.25, -0.2) is 0 Å². The SMILES string of the molecule is C/C=C(\O/C=C/C)C(F)(F)C(F)(F)C(F)(F)C(F)(F)CC. The molecule has 0 atom stereocenters. The van der Waals surface area contributed by atoms with Crippen LogP contribution in [0, 0.1) is 0 Å². The molecule has 0 aromatic carbocycles. The fraction of sp³-hybridized carbons (Fsp3) is 0.667. The van der Waals surface area contributed by atoms with Crippen LogP contribution in [-0.2, 0) is 4.74 Å². The zero-order valence-electron chi connectivity index (χ0n) is 11.4. The maximum Gasteiger partial charge on any atom is 0.385 e. The van der Waals surface area contributed by atoms with Crippen molar-refractivity contribution in [2.45, 2.75) is 50.9 Å². The summed E-state index contributed by atoms with van der Waals surface area (Å²) in [4.78, 5) is 0. The average molecular weight is 326 g/mol. The molecular weight excluding hydrogens is 312 g/mol. The van der Waals surface area contributed by atoms with Crippen LogP contribution < -0.4 is 0 Å². The minimum absolute atomic E-state index is 0.300. The van der Waals surface area contributed by atoms with Gasteiger partial charge in [0.25, 0.3) is 0 Å². The third kappa shape index (κ3) is 3.16. The Balaban J connectivity index is 5.86. The number of rotatable bonds is 7. The van der Waals surface area contributed by atoms with Crippen molar-refractivity contribution < 1.29 is 39.9 Å². The van der Waals surface area contributed by atoms with Crippen LogP contribution in [0.3, 0.4) is 0 Å². The molecule has 0 aliphatic carbocycles. The Morgan fingerprint density at radius 3 is 1.71 bits per heavy atom. The van der Waals surface area contributed by atoms with Gasteiger partial charge in [0.05, 0.1) is 6.26 Å². The van der Waals surface area contributed by atoms with Gasteiger partial charge in [0.1, 0.15) is 0 Å². The van der Waals surface area contributed by atoms with Gasteiger partial charge in [0.2, 0.25) is 0 Å². The third-order valence-electron chi connectivity index (χ3n) is 2.59. The van der Waals surface area contributed by atoms with Crippen molar-refractivity contribution in [1.82, 2.24) is 0 Å². The molecule has 0 rings (SSSR count). The Morgan fingerprint density at radius 2 is 1.38 bits per heavy atom. The molecule has 0 aromatic heterocycles. The molecule has 124 valence electrons. The van der Waals surface area contributed by atoms with Crippen molar-refractivity contribution in [2.75, 3.05) is 0 Å². The summed E-state index contributed by atoms with van der Waals surface area (Å²) in [6.45, 7) is 2.58. The fourth-order valence-corrected chi connectivity index (χ4v) is 1.27. The fourth-order valence-electron chi connectivity index (χ4n) is 1.27. The Bertz CT molecular complexity index is 411. The highest BCUT2D eigenvalue weighted by molar-refractivity contribution is 5.17. The molecule has 0 saturated carbocycles. The molecular formula is C12H14F8O. The second-order valence-electron chi connectivity index (χ2n) is 4.02. The highest BCUT2D eigenvalue weighted by Gasteiger charge is 2.81. The summed E-state index contributed by atoms with van der Waals surface area (Å²) in [5, 5.41) is 0. The second kappa shape index (κ2) is 6.23. The molecule has 0 bridgehead atoms. The standard InChI is InChI=1S/C12H14F8O/c1-4-7-21-8(5-2)10(15,16)12(19,20)11(17,18)9(13,14)6-3/h4-5,7H,6H2,1-3H3/b7-4+,8-5-. The van der Waals surface area contributed by atoms with Crippen molar-refractivity contribution in [1.29, 1.82) is 0 Å². The van der Waals surface area contributed by atoms with Crippen LogP contribution in [0.4, 0.5) is 35.1 Å². The van der Waals surface area contributed by atoms with Gasteiger partial charge < -0.3 is 4.74 Å². The normalized spacial score (nSPS) is 15.7. The lowest BCUT2D eigenvalue weighted by molar-refractivity contribution is -0.362. The van der Waals surface area contributed by atoms with Crippen LogP contribution in [0.5, 0.6) is 0 Å². The van der Waals surface area contributed by atoms with Crippen LogP contribution in [0.15, 0.2) is 24.2 Å². The highest BCUT2D eigenvalue weighted by Crippen LogP contribution is 2.55. The Kier molecular flexibility index (Phi) is 5.85. The quantitative estimate of drug-likeness (QED) is 0.450. The molecule has 0 amide bonds. The van der Waals surface area contributed by atoms with Gasteiger partial charge in [-0.2, -0.15) is 35.1 Å². The Morgan fingerprint density at radius 1 is 0.905 bits per heavy atom. The van der Waals surface area contributed by atoms with E-state index in [1.165, 1.54) is 6.92 Å². The summed E-state index contributed by atoms with van der Waals surface area (Å²) in [5.41, 5.74) is 0. The highest BCUT2D eigenvalue weighted by atomic mass is 19.4. The molecule has 0 fully saturated rings. The number of allylic oxidation sites excluding steroid dienone is 3. The Hall–Kier alpha value is -1.28. The number of alkyl halides is 8. The lowest BCUT2D eigenvalue weighted by Crippen LogP contribution is -2.62.